The number of fused-ring (bicyclic) bond motifs is 1. The molecule has 2 N–H and O–H groups in total. The molecule has 0 atom stereocenters. The van der Waals surface area contributed by atoms with E-state index in [0.29, 0.717) is 36.4 Å². The molecule has 110 valence electrons. The van der Waals surface area contributed by atoms with E-state index in [4.69, 9.17) is 15.2 Å². The summed E-state index contributed by atoms with van der Waals surface area (Å²) in [4.78, 5) is 8.65. The smallest absolute Gasteiger partial charge is 0.191 e. The summed E-state index contributed by atoms with van der Waals surface area (Å²) in [5.74, 6) is 0.440. The molecule has 2 aromatic heterocycles. The van der Waals surface area contributed by atoms with E-state index in [0.717, 1.165) is 5.39 Å². The van der Waals surface area contributed by atoms with E-state index in [-0.39, 0.29) is 6.29 Å². The van der Waals surface area contributed by atoms with Crippen molar-refractivity contribution < 1.29 is 9.47 Å². The van der Waals surface area contributed by atoms with Gasteiger partial charge in [-0.15, -0.1) is 0 Å². The van der Waals surface area contributed by atoms with E-state index < -0.39 is 0 Å². The Morgan fingerprint density at radius 1 is 1.30 bits per heavy atom. The van der Waals surface area contributed by atoms with E-state index in [9.17, 15) is 0 Å². The normalized spacial score (nSPS) is 11.6. The van der Waals surface area contributed by atoms with Gasteiger partial charge in [0.15, 0.2) is 17.1 Å². The molecular weight excluding hydrogens is 278 g/mol. The average Bonchev–Trinajstić information content (AvgIpc) is 2.83. The Morgan fingerprint density at radius 3 is 2.60 bits per heavy atom. The highest BCUT2D eigenvalue weighted by Crippen LogP contribution is 2.21. The predicted octanol–water partition coefficient (Wildman–Crippen LogP) is 1.53. The van der Waals surface area contributed by atoms with Crippen LogP contribution in [-0.2, 0) is 16.0 Å². The highest BCUT2D eigenvalue weighted by atomic mass is 32.2. The van der Waals surface area contributed by atoms with Crippen molar-refractivity contribution in [1.29, 1.82) is 0 Å². The second-order valence-electron chi connectivity index (χ2n) is 4.00. The Hall–Kier alpha value is -1.38. The van der Waals surface area contributed by atoms with E-state index >= 15 is 0 Å². The third-order valence-electron chi connectivity index (χ3n) is 2.71. The van der Waals surface area contributed by atoms with E-state index in [1.165, 1.54) is 11.8 Å². The summed E-state index contributed by atoms with van der Waals surface area (Å²) in [5.41, 5.74) is 6.61. The molecule has 0 aromatic carbocycles. The number of thioether (sulfide) groups is 1. The van der Waals surface area contributed by atoms with Crippen LogP contribution in [0.15, 0.2) is 11.4 Å². The SMILES string of the molecule is CCOC(Cn1ncc2c(N)nc(SC)nc21)OCC. The lowest BCUT2D eigenvalue weighted by atomic mass is 10.4. The lowest BCUT2D eigenvalue weighted by Crippen LogP contribution is -2.24. The van der Waals surface area contributed by atoms with Gasteiger partial charge in [-0.3, -0.25) is 0 Å². The highest BCUT2D eigenvalue weighted by molar-refractivity contribution is 7.98. The van der Waals surface area contributed by atoms with Crippen molar-refractivity contribution >= 4 is 28.6 Å². The predicted molar refractivity (Wildman–Crippen MR) is 78.6 cm³/mol. The third-order valence-corrected chi connectivity index (χ3v) is 3.26. The number of aromatic nitrogens is 4. The zero-order chi connectivity index (χ0) is 14.5. The average molecular weight is 297 g/mol. The fourth-order valence-corrected chi connectivity index (χ4v) is 2.22. The number of nitrogens with zero attached hydrogens (tertiary/aromatic N) is 4. The molecule has 0 saturated heterocycles. The molecule has 0 radical (unpaired) electrons. The zero-order valence-corrected chi connectivity index (χ0v) is 12.7. The maximum Gasteiger partial charge on any atom is 0.191 e. The van der Waals surface area contributed by atoms with Crippen molar-refractivity contribution in [3.8, 4) is 0 Å². The number of hydrogen-bond acceptors (Lipinski definition) is 7. The van der Waals surface area contributed by atoms with Gasteiger partial charge in [-0.1, -0.05) is 11.8 Å². The van der Waals surface area contributed by atoms with Crippen LogP contribution in [0, 0.1) is 0 Å². The van der Waals surface area contributed by atoms with Crippen LogP contribution in [0.2, 0.25) is 0 Å². The number of nitrogens with two attached hydrogens (primary N) is 1. The lowest BCUT2D eigenvalue weighted by Gasteiger charge is -2.17. The molecule has 2 heterocycles. The fraction of sp³-hybridized carbons (Fsp3) is 0.583. The number of anilines is 1. The molecular formula is C12H19N5O2S. The molecule has 0 aliphatic carbocycles. The number of nitrogen functional groups attached to an aromatic ring is 1. The summed E-state index contributed by atoms with van der Waals surface area (Å²) in [6.07, 6.45) is 3.23. The lowest BCUT2D eigenvalue weighted by molar-refractivity contribution is -0.144. The summed E-state index contributed by atoms with van der Waals surface area (Å²) < 4.78 is 12.8. The Bertz CT molecular complexity index is 568. The van der Waals surface area contributed by atoms with Gasteiger partial charge in [0.2, 0.25) is 0 Å². The largest absolute Gasteiger partial charge is 0.383 e. The van der Waals surface area contributed by atoms with Gasteiger partial charge >= 0.3 is 0 Å². The van der Waals surface area contributed by atoms with Gasteiger partial charge in [-0.05, 0) is 20.1 Å². The van der Waals surface area contributed by atoms with Gasteiger partial charge in [0.25, 0.3) is 0 Å². The van der Waals surface area contributed by atoms with Crippen LogP contribution in [0.5, 0.6) is 0 Å². The quantitative estimate of drug-likeness (QED) is 0.471. The molecule has 0 saturated carbocycles. The Morgan fingerprint density at radius 2 is 2.00 bits per heavy atom. The summed E-state index contributed by atoms with van der Waals surface area (Å²) in [6.45, 7) is 5.49. The van der Waals surface area contributed by atoms with Crippen LogP contribution < -0.4 is 5.73 Å². The van der Waals surface area contributed by atoms with Crippen LogP contribution >= 0.6 is 11.8 Å². The summed E-state index contributed by atoms with van der Waals surface area (Å²) in [6, 6.07) is 0. The molecule has 0 amide bonds. The fourth-order valence-electron chi connectivity index (χ4n) is 1.85. The van der Waals surface area contributed by atoms with Crippen LogP contribution in [-0.4, -0.2) is 45.5 Å². The van der Waals surface area contributed by atoms with E-state index in [1.807, 2.05) is 20.1 Å². The minimum absolute atomic E-state index is 0.345. The number of hydrogen-bond donors (Lipinski definition) is 1. The Labute approximate surface area is 121 Å². The molecule has 2 aromatic rings. The molecule has 0 aliphatic rings. The maximum absolute atomic E-state index is 5.91. The van der Waals surface area contributed by atoms with Crippen molar-refractivity contribution in [2.75, 3.05) is 25.2 Å². The van der Waals surface area contributed by atoms with Crippen LogP contribution in [0.4, 0.5) is 5.82 Å². The second kappa shape index (κ2) is 6.87. The standard InChI is InChI=1S/C12H19N5O2S/c1-4-18-9(19-5-2)7-17-11-8(6-14-17)10(13)15-12(16-11)20-3/h6,9H,4-5,7H2,1-3H3,(H2,13,15,16). The molecule has 20 heavy (non-hydrogen) atoms. The van der Waals surface area contributed by atoms with Crippen molar-refractivity contribution in [2.45, 2.75) is 31.8 Å². The topological polar surface area (TPSA) is 88.1 Å². The van der Waals surface area contributed by atoms with Gasteiger partial charge < -0.3 is 15.2 Å². The number of ether oxygens (including phenoxy) is 2. The first-order chi connectivity index (χ1) is 9.69. The van der Waals surface area contributed by atoms with Crippen LogP contribution in [0.25, 0.3) is 11.0 Å². The van der Waals surface area contributed by atoms with Gasteiger partial charge in [-0.25, -0.2) is 14.6 Å². The zero-order valence-electron chi connectivity index (χ0n) is 11.9. The molecule has 2 rings (SSSR count). The first-order valence-electron chi connectivity index (χ1n) is 6.45. The summed E-state index contributed by atoms with van der Waals surface area (Å²) in [5, 5.41) is 5.67. The molecule has 0 fully saturated rings. The van der Waals surface area contributed by atoms with Crippen LogP contribution in [0.1, 0.15) is 13.8 Å². The van der Waals surface area contributed by atoms with Crippen molar-refractivity contribution in [3.05, 3.63) is 6.20 Å². The molecule has 0 unspecified atom stereocenters. The van der Waals surface area contributed by atoms with Crippen molar-refractivity contribution in [1.82, 2.24) is 19.7 Å². The first-order valence-corrected chi connectivity index (χ1v) is 7.68. The van der Waals surface area contributed by atoms with Gasteiger partial charge in [0.1, 0.15) is 5.82 Å². The minimum Gasteiger partial charge on any atom is -0.383 e. The van der Waals surface area contributed by atoms with Crippen molar-refractivity contribution in [3.63, 3.8) is 0 Å². The minimum atomic E-state index is -0.345. The van der Waals surface area contributed by atoms with Gasteiger partial charge in [0, 0.05) is 13.2 Å². The summed E-state index contributed by atoms with van der Waals surface area (Å²) >= 11 is 1.44. The molecule has 8 heteroatoms. The van der Waals surface area contributed by atoms with Gasteiger partial charge in [0.05, 0.1) is 18.1 Å². The monoisotopic (exact) mass is 297 g/mol. The Balaban J connectivity index is 2.31. The second-order valence-corrected chi connectivity index (χ2v) is 4.77. The maximum atomic E-state index is 5.91. The molecule has 7 nitrogen and oxygen atoms in total. The first kappa shape index (κ1) is 15.0. The molecule has 0 bridgehead atoms. The van der Waals surface area contributed by atoms with E-state index in [1.54, 1.807) is 10.9 Å². The van der Waals surface area contributed by atoms with Crippen molar-refractivity contribution in [2.24, 2.45) is 0 Å². The van der Waals surface area contributed by atoms with E-state index in [2.05, 4.69) is 15.1 Å². The third kappa shape index (κ3) is 3.20. The highest BCUT2D eigenvalue weighted by Gasteiger charge is 2.15. The number of rotatable bonds is 7. The molecule has 0 aliphatic heterocycles. The van der Waals surface area contributed by atoms with Gasteiger partial charge in [-0.2, -0.15) is 5.10 Å². The molecule has 0 spiro atoms. The summed E-state index contributed by atoms with van der Waals surface area (Å²) in [7, 11) is 0. The van der Waals surface area contributed by atoms with Crippen LogP contribution in [0.3, 0.4) is 0 Å². The Kier molecular flexibility index (Phi) is 5.16.